The summed E-state index contributed by atoms with van der Waals surface area (Å²) in [6.45, 7) is 2.00. The fourth-order valence-electron chi connectivity index (χ4n) is 2.39. The molecule has 140 valence electrons. The first kappa shape index (κ1) is 19.3. The molecule has 1 atom stereocenters. The van der Waals surface area contributed by atoms with Crippen molar-refractivity contribution in [1.82, 2.24) is 15.1 Å². The van der Waals surface area contributed by atoms with Crippen molar-refractivity contribution in [1.29, 1.82) is 0 Å². The number of para-hydroxylation sites is 1. The number of rotatable bonds is 7. The standard InChI is InChI=1S/C19H19FN4OS2/c1-13(14-8-4-3-5-9-14)24(2)17(25)12-26-19-23-22-18(27-19)21-16-11-7-6-10-15(16)20/h3-11,13H,12H2,1-2H3,(H,21,22). The molecule has 1 heterocycles. The normalized spacial score (nSPS) is 11.8. The van der Waals surface area contributed by atoms with E-state index in [1.165, 1.54) is 29.2 Å². The predicted octanol–water partition coefficient (Wildman–Crippen LogP) is 4.73. The van der Waals surface area contributed by atoms with Crippen LogP contribution >= 0.6 is 23.1 Å². The van der Waals surface area contributed by atoms with Crippen LogP contribution in [0.25, 0.3) is 0 Å². The third kappa shape index (κ3) is 5.05. The summed E-state index contributed by atoms with van der Waals surface area (Å²) in [5.74, 6) is -0.0779. The van der Waals surface area contributed by atoms with Crippen LogP contribution in [0.1, 0.15) is 18.5 Å². The molecule has 5 nitrogen and oxygen atoms in total. The molecule has 27 heavy (non-hydrogen) atoms. The van der Waals surface area contributed by atoms with Crippen LogP contribution in [0, 0.1) is 5.82 Å². The summed E-state index contributed by atoms with van der Waals surface area (Å²) in [5, 5.41) is 11.4. The highest BCUT2D eigenvalue weighted by atomic mass is 32.2. The maximum atomic E-state index is 13.7. The Bertz CT molecular complexity index is 903. The second-order valence-corrected chi connectivity index (χ2v) is 8.06. The fraction of sp³-hybridized carbons (Fsp3) is 0.211. The van der Waals surface area contributed by atoms with Crippen LogP contribution in [-0.2, 0) is 4.79 Å². The summed E-state index contributed by atoms with van der Waals surface area (Å²) in [6, 6.07) is 16.3. The van der Waals surface area contributed by atoms with Crippen molar-refractivity contribution >= 4 is 39.8 Å². The largest absolute Gasteiger partial charge is 0.338 e. The molecule has 3 aromatic rings. The molecule has 0 saturated carbocycles. The van der Waals surface area contributed by atoms with Crippen molar-refractivity contribution in [2.24, 2.45) is 0 Å². The second kappa shape index (κ2) is 8.96. The minimum atomic E-state index is -0.353. The molecule has 0 bridgehead atoms. The van der Waals surface area contributed by atoms with Gasteiger partial charge < -0.3 is 10.2 Å². The molecule has 1 amide bonds. The number of hydrogen-bond donors (Lipinski definition) is 1. The molecule has 3 rings (SSSR count). The Morgan fingerprint density at radius 2 is 1.89 bits per heavy atom. The topological polar surface area (TPSA) is 58.1 Å². The maximum Gasteiger partial charge on any atom is 0.233 e. The first-order chi connectivity index (χ1) is 13.0. The Labute approximate surface area is 165 Å². The molecule has 0 spiro atoms. The highest BCUT2D eigenvalue weighted by Gasteiger charge is 2.18. The van der Waals surface area contributed by atoms with Gasteiger partial charge in [0, 0.05) is 7.05 Å². The Balaban J connectivity index is 1.55. The molecule has 1 N–H and O–H groups in total. The number of nitrogens with one attached hydrogen (secondary N) is 1. The molecule has 0 fully saturated rings. The van der Waals surface area contributed by atoms with Gasteiger partial charge in [-0.3, -0.25) is 4.79 Å². The summed E-state index contributed by atoms with van der Waals surface area (Å²) < 4.78 is 14.3. The first-order valence-electron chi connectivity index (χ1n) is 8.33. The number of halogens is 1. The van der Waals surface area contributed by atoms with Gasteiger partial charge in [-0.1, -0.05) is 65.6 Å². The van der Waals surface area contributed by atoms with Crippen LogP contribution in [-0.4, -0.2) is 33.8 Å². The van der Waals surface area contributed by atoms with Crippen LogP contribution in [0.15, 0.2) is 58.9 Å². The Morgan fingerprint density at radius 3 is 2.63 bits per heavy atom. The average Bonchev–Trinajstić information content (AvgIpc) is 3.15. The van der Waals surface area contributed by atoms with Crippen LogP contribution in [0.2, 0.25) is 0 Å². The second-order valence-electron chi connectivity index (χ2n) is 5.86. The van der Waals surface area contributed by atoms with E-state index in [4.69, 9.17) is 0 Å². The van der Waals surface area contributed by atoms with E-state index < -0.39 is 0 Å². The van der Waals surface area contributed by atoms with Crippen molar-refractivity contribution in [2.75, 3.05) is 18.1 Å². The summed E-state index contributed by atoms with van der Waals surface area (Å²) in [4.78, 5) is 14.2. The van der Waals surface area contributed by atoms with E-state index >= 15 is 0 Å². The van der Waals surface area contributed by atoms with E-state index in [0.717, 1.165) is 5.56 Å². The highest BCUT2D eigenvalue weighted by Crippen LogP contribution is 2.29. The first-order valence-corrected chi connectivity index (χ1v) is 10.1. The molecule has 0 aliphatic carbocycles. The molecule has 0 radical (unpaired) electrons. The minimum Gasteiger partial charge on any atom is -0.338 e. The number of hydrogen-bond acceptors (Lipinski definition) is 6. The third-order valence-corrected chi connectivity index (χ3v) is 6.05. The minimum absolute atomic E-state index is 0.00740. The summed E-state index contributed by atoms with van der Waals surface area (Å²) in [7, 11) is 1.80. The van der Waals surface area contributed by atoms with E-state index in [-0.39, 0.29) is 23.5 Å². The summed E-state index contributed by atoms with van der Waals surface area (Å²) in [5.41, 5.74) is 1.43. The van der Waals surface area contributed by atoms with Crippen LogP contribution in [0.5, 0.6) is 0 Å². The average molecular weight is 403 g/mol. The van der Waals surface area contributed by atoms with Crippen LogP contribution in [0.4, 0.5) is 15.2 Å². The van der Waals surface area contributed by atoms with E-state index in [0.29, 0.717) is 15.2 Å². The molecule has 0 aliphatic rings. The maximum absolute atomic E-state index is 13.7. The van der Waals surface area contributed by atoms with Gasteiger partial charge in [0.05, 0.1) is 17.5 Å². The number of carbonyl (C=O) groups excluding carboxylic acids is 1. The smallest absolute Gasteiger partial charge is 0.233 e. The molecule has 1 aromatic heterocycles. The summed E-state index contributed by atoms with van der Waals surface area (Å²) in [6.07, 6.45) is 0. The summed E-state index contributed by atoms with van der Waals surface area (Å²) >= 11 is 2.61. The number of amides is 1. The SMILES string of the molecule is CC(c1ccccc1)N(C)C(=O)CSc1nnc(Nc2ccccc2F)s1. The molecular weight excluding hydrogens is 383 g/mol. The van der Waals surface area contributed by atoms with Gasteiger partial charge in [-0.15, -0.1) is 10.2 Å². The monoisotopic (exact) mass is 402 g/mol. The van der Waals surface area contributed by atoms with Crippen LogP contribution < -0.4 is 5.32 Å². The molecule has 0 saturated heterocycles. The number of thioether (sulfide) groups is 1. The fourth-order valence-corrected chi connectivity index (χ4v) is 4.08. The van der Waals surface area contributed by atoms with Gasteiger partial charge in [-0.2, -0.15) is 0 Å². The zero-order valence-electron chi connectivity index (χ0n) is 14.9. The van der Waals surface area contributed by atoms with E-state index in [1.807, 2.05) is 37.3 Å². The number of anilines is 2. The number of aromatic nitrogens is 2. The van der Waals surface area contributed by atoms with E-state index in [9.17, 15) is 9.18 Å². The molecule has 8 heteroatoms. The number of carbonyl (C=O) groups is 1. The Hall–Kier alpha value is -2.45. The van der Waals surface area contributed by atoms with Gasteiger partial charge in [0.15, 0.2) is 4.34 Å². The van der Waals surface area contributed by atoms with Gasteiger partial charge in [-0.05, 0) is 24.6 Å². The van der Waals surface area contributed by atoms with Gasteiger partial charge in [-0.25, -0.2) is 4.39 Å². The van der Waals surface area contributed by atoms with Gasteiger partial charge in [0.2, 0.25) is 11.0 Å². The van der Waals surface area contributed by atoms with Gasteiger partial charge in [0.25, 0.3) is 0 Å². The zero-order chi connectivity index (χ0) is 19.2. The Morgan fingerprint density at radius 1 is 1.19 bits per heavy atom. The molecule has 1 unspecified atom stereocenters. The quantitative estimate of drug-likeness (QED) is 0.579. The predicted molar refractivity (Wildman–Crippen MR) is 108 cm³/mol. The van der Waals surface area contributed by atoms with Crippen molar-refractivity contribution in [3.05, 3.63) is 66.0 Å². The van der Waals surface area contributed by atoms with Crippen molar-refractivity contribution in [3.8, 4) is 0 Å². The van der Waals surface area contributed by atoms with Crippen LogP contribution in [0.3, 0.4) is 0 Å². The van der Waals surface area contributed by atoms with Crippen molar-refractivity contribution < 1.29 is 9.18 Å². The van der Waals surface area contributed by atoms with E-state index in [2.05, 4.69) is 15.5 Å². The number of nitrogens with zero attached hydrogens (tertiary/aromatic N) is 3. The van der Waals surface area contributed by atoms with Crippen molar-refractivity contribution in [3.63, 3.8) is 0 Å². The Kier molecular flexibility index (Phi) is 6.41. The third-order valence-electron chi connectivity index (χ3n) is 4.10. The number of benzene rings is 2. The van der Waals surface area contributed by atoms with Gasteiger partial charge in [0.1, 0.15) is 5.82 Å². The van der Waals surface area contributed by atoms with Gasteiger partial charge >= 0.3 is 0 Å². The lowest BCUT2D eigenvalue weighted by Crippen LogP contribution is -2.31. The lowest BCUT2D eigenvalue weighted by molar-refractivity contribution is -0.128. The molecular formula is C19H19FN4OS2. The molecule has 2 aromatic carbocycles. The van der Waals surface area contributed by atoms with E-state index in [1.54, 1.807) is 30.1 Å². The molecule has 0 aliphatic heterocycles. The zero-order valence-corrected chi connectivity index (χ0v) is 16.6. The van der Waals surface area contributed by atoms with Crippen molar-refractivity contribution in [2.45, 2.75) is 17.3 Å². The highest BCUT2D eigenvalue weighted by molar-refractivity contribution is 8.01. The lowest BCUT2D eigenvalue weighted by Gasteiger charge is -2.25. The lowest BCUT2D eigenvalue weighted by atomic mass is 10.1.